The summed E-state index contributed by atoms with van der Waals surface area (Å²) in [6.45, 7) is 2.51. The maximum atomic E-state index is 13.6. The van der Waals surface area contributed by atoms with Crippen LogP contribution < -0.4 is 5.32 Å². The van der Waals surface area contributed by atoms with Gasteiger partial charge in [-0.3, -0.25) is 4.79 Å². The molecule has 2 aromatic rings. The largest absolute Gasteiger partial charge is 0.352 e. The molecule has 2 aromatic carbocycles. The number of benzene rings is 2. The van der Waals surface area contributed by atoms with Crippen molar-refractivity contribution < 1.29 is 17.6 Å². The van der Waals surface area contributed by atoms with Gasteiger partial charge in [0.1, 0.15) is 5.82 Å². The van der Waals surface area contributed by atoms with E-state index < -0.39 is 10.0 Å². The van der Waals surface area contributed by atoms with Crippen LogP contribution in [-0.2, 0) is 21.4 Å². The summed E-state index contributed by atoms with van der Waals surface area (Å²) in [7, 11) is -3.55. The van der Waals surface area contributed by atoms with E-state index in [4.69, 9.17) is 0 Å². The molecule has 0 aliphatic carbocycles. The highest BCUT2D eigenvalue weighted by molar-refractivity contribution is 7.89. The number of rotatable bonds is 5. The second-order valence-corrected chi connectivity index (χ2v) is 8.66. The van der Waals surface area contributed by atoms with Crippen molar-refractivity contribution in [3.63, 3.8) is 0 Å². The minimum atomic E-state index is -3.55. The van der Waals surface area contributed by atoms with E-state index in [1.165, 1.54) is 10.4 Å². The van der Waals surface area contributed by atoms with Crippen molar-refractivity contribution in [3.05, 3.63) is 65.5 Å². The van der Waals surface area contributed by atoms with Crippen molar-refractivity contribution in [3.8, 4) is 0 Å². The Hall–Kier alpha value is -2.25. The van der Waals surface area contributed by atoms with E-state index in [0.717, 1.165) is 0 Å². The molecule has 1 amide bonds. The van der Waals surface area contributed by atoms with Gasteiger partial charge in [-0.05, 0) is 37.5 Å². The quantitative estimate of drug-likeness (QED) is 0.854. The van der Waals surface area contributed by atoms with Crippen LogP contribution in [0.5, 0.6) is 0 Å². The molecule has 0 radical (unpaired) electrons. The van der Waals surface area contributed by atoms with Crippen LogP contribution >= 0.6 is 0 Å². The number of hydrogen-bond donors (Lipinski definition) is 1. The monoisotopic (exact) mass is 390 g/mol. The fourth-order valence-corrected chi connectivity index (χ4v) is 5.01. The number of hydrogen-bond acceptors (Lipinski definition) is 3. The van der Waals surface area contributed by atoms with Crippen LogP contribution in [0.3, 0.4) is 0 Å². The van der Waals surface area contributed by atoms with E-state index in [9.17, 15) is 17.6 Å². The van der Waals surface area contributed by atoms with Crippen LogP contribution in [0.15, 0.2) is 53.4 Å². The first kappa shape index (κ1) is 19.5. The van der Waals surface area contributed by atoms with Gasteiger partial charge in [-0.25, -0.2) is 12.8 Å². The number of carbonyl (C=O) groups is 1. The molecular formula is C20H23FN2O3S. The van der Waals surface area contributed by atoms with Crippen molar-refractivity contribution in [2.45, 2.75) is 31.2 Å². The van der Waals surface area contributed by atoms with Crippen molar-refractivity contribution in [1.29, 1.82) is 0 Å². The molecule has 0 atom stereocenters. The van der Waals surface area contributed by atoms with Gasteiger partial charge in [0.15, 0.2) is 0 Å². The third-order valence-electron chi connectivity index (χ3n) is 4.95. The normalized spacial score (nSPS) is 16.2. The summed E-state index contributed by atoms with van der Waals surface area (Å²) in [6.07, 6.45) is 0.905. The van der Waals surface area contributed by atoms with E-state index in [1.807, 2.05) is 0 Å². The van der Waals surface area contributed by atoms with Crippen molar-refractivity contribution in [2.75, 3.05) is 13.1 Å². The molecule has 3 rings (SSSR count). The summed E-state index contributed by atoms with van der Waals surface area (Å²) in [5.41, 5.74) is 1.15. The molecule has 1 saturated heterocycles. The fourth-order valence-electron chi connectivity index (χ4n) is 3.31. The highest BCUT2D eigenvalue weighted by Crippen LogP contribution is 2.25. The molecular weight excluding hydrogens is 367 g/mol. The first-order valence-electron chi connectivity index (χ1n) is 8.96. The lowest BCUT2D eigenvalue weighted by Crippen LogP contribution is -2.43. The maximum Gasteiger partial charge on any atom is 0.243 e. The summed E-state index contributed by atoms with van der Waals surface area (Å²) < 4.78 is 40.7. The Kier molecular flexibility index (Phi) is 5.92. The van der Waals surface area contributed by atoms with Crippen molar-refractivity contribution in [2.24, 2.45) is 5.92 Å². The van der Waals surface area contributed by atoms with Gasteiger partial charge >= 0.3 is 0 Å². The second-order valence-electron chi connectivity index (χ2n) is 6.75. The first-order chi connectivity index (χ1) is 12.9. The van der Waals surface area contributed by atoms with E-state index in [2.05, 4.69) is 5.32 Å². The van der Waals surface area contributed by atoms with Crippen LogP contribution in [0.4, 0.5) is 4.39 Å². The van der Waals surface area contributed by atoms with Gasteiger partial charge in [0.05, 0.1) is 4.90 Å². The molecule has 1 fully saturated rings. The number of aryl methyl sites for hydroxylation is 1. The van der Waals surface area contributed by atoms with Gasteiger partial charge in [0.25, 0.3) is 0 Å². The van der Waals surface area contributed by atoms with E-state index in [0.29, 0.717) is 42.0 Å². The van der Waals surface area contributed by atoms with Gasteiger partial charge in [-0.2, -0.15) is 4.31 Å². The third kappa shape index (κ3) is 4.36. The van der Waals surface area contributed by atoms with Crippen LogP contribution in [0.25, 0.3) is 0 Å². The number of carbonyl (C=O) groups excluding carboxylic acids is 1. The van der Waals surface area contributed by atoms with Crippen LogP contribution in [0.1, 0.15) is 24.0 Å². The van der Waals surface area contributed by atoms with E-state index in [1.54, 1.807) is 49.4 Å². The molecule has 1 aliphatic rings. The Labute approximate surface area is 159 Å². The van der Waals surface area contributed by atoms with Crippen molar-refractivity contribution >= 4 is 15.9 Å². The number of piperidine rings is 1. The fraction of sp³-hybridized carbons (Fsp3) is 0.350. The minimum Gasteiger partial charge on any atom is -0.352 e. The topological polar surface area (TPSA) is 66.5 Å². The lowest BCUT2D eigenvalue weighted by molar-refractivity contribution is -0.126. The van der Waals surface area contributed by atoms with E-state index in [-0.39, 0.29) is 24.2 Å². The molecule has 1 aliphatic heterocycles. The number of nitrogens with one attached hydrogen (secondary N) is 1. The smallest absolute Gasteiger partial charge is 0.243 e. The average Bonchev–Trinajstić information content (AvgIpc) is 2.67. The Bertz CT molecular complexity index is 922. The van der Waals surface area contributed by atoms with Gasteiger partial charge in [-0.1, -0.05) is 36.4 Å². The molecule has 1 heterocycles. The van der Waals surface area contributed by atoms with Crippen molar-refractivity contribution in [1.82, 2.24) is 9.62 Å². The zero-order valence-corrected chi connectivity index (χ0v) is 16.0. The predicted octanol–water partition coefficient (Wildman–Crippen LogP) is 2.85. The van der Waals surface area contributed by atoms with E-state index >= 15 is 0 Å². The molecule has 144 valence electrons. The number of halogens is 1. The van der Waals surface area contributed by atoms with Gasteiger partial charge in [0, 0.05) is 31.1 Å². The standard InChI is InChI=1S/C20H23FN2O3S/c1-15-6-2-5-9-19(15)27(25,26)23-12-10-16(11-13-23)20(24)22-14-17-7-3-4-8-18(17)21/h2-9,16H,10-14H2,1H3,(H,22,24). The van der Waals surface area contributed by atoms with Gasteiger partial charge in [-0.15, -0.1) is 0 Å². The predicted molar refractivity (Wildman–Crippen MR) is 101 cm³/mol. The Morgan fingerprint density at radius 1 is 1.11 bits per heavy atom. The summed E-state index contributed by atoms with van der Waals surface area (Å²) in [4.78, 5) is 12.7. The zero-order valence-electron chi connectivity index (χ0n) is 15.2. The molecule has 5 nitrogen and oxygen atoms in total. The summed E-state index contributed by atoms with van der Waals surface area (Å²) >= 11 is 0. The number of nitrogens with zero attached hydrogens (tertiary/aromatic N) is 1. The maximum absolute atomic E-state index is 13.6. The van der Waals surface area contributed by atoms with Gasteiger partial charge in [0.2, 0.25) is 15.9 Å². The first-order valence-corrected chi connectivity index (χ1v) is 10.4. The molecule has 0 unspecified atom stereocenters. The van der Waals surface area contributed by atoms with Crippen LogP contribution in [-0.4, -0.2) is 31.7 Å². The Morgan fingerprint density at radius 2 is 1.74 bits per heavy atom. The summed E-state index contributed by atoms with van der Waals surface area (Å²) in [5.74, 6) is -0.775. The second kappa shape index (κ2) is 8.19. The molecule has 0 saturated carbocycles. The third-order valence-corrected chi connectivity index (χ3v) is 7.01. The SMILES string of the molecule is Cc1ccccc1S(=O)(=O)N1CCC(C(=O)NCc2ccccc2F)CC1. The molecule has 0 bridgehead atoms. The summed E-state index contributed by atoms with van der Waals surface area (Å²) in [5, 5.41) is 2.76. The lowest BCUT2D eigenvalue weighted by atomic mass is 9.97. The molecule has 0 spiro atoms. The molecule has 1 N–H and O–H groups in total. The Balaban J connectivity index is 1.58. The molecule has 7 heteroatoms. The Morgan fingerprint density at radius 3 is 2.41 bits per heavy atom. The van der Waals surface area contributed by atoms with Crippen LogP contribution in [0.2, 0.25) is 0 Å². The van der Waals surface area contributed by atoms with Gasteiger partial charge < -0.3 is 5.32 Å². The lowest BCUT2D eigenvalue weighted by Gasteiger charge is -2.31. The molecule has 0 aromatic heterocycles. The summed E-state index contributed by atoms with van der Waals surface area (Å²) in [6, 6.07) is 13.2. The minimum absolute atomic E-state index is 0.132. The molecule has 27 heavy (non-hydrogen) atoms. The zero-order chi connectivity index (χ0) is 19.4. The average molecular weight is 390 g/mol. The highest BCUT2D eigenvalue weighted by Gasteiger charge is 2.32. The van der Waals surface area contributed by atoms with Crippen LogP contribution in [0, 0.1) is 18.7 Å². The number of amides is 1. The highest BCUT2D eigenvalue weighted by atomic mass is 32.2. The number of sulfonamides is 1.